The van der Waals surface area contributed by atoms with Crippen LogP contribution in [0.4, 0.5) is 0 Å². The third-order valence-electron chi connectivity index (χ3n) is 4.13. The number of benzene rings is 2. The average Bonchev–Trinajstić information content (AvgIpc) is 3.09. The molecule has 6 heteroatoms. The van der Waals surface area contributed by atoms with Crippen molar-refractivity contribution in [2.45, 2.75) is 13.3 Å². The van der Waals surface area contributed by atoms with Crippen LogP contribution in [0.3, 0.4) is 0 Å². The first-order valence-electron chi connectivity index (χ1n) is 8.34. The summed E-state index contributed by atoms with van der Waals surface area (Å²) < 4.78 is 7.57. The summed E-state index contributed by atoms with van der Waals surface area (Å²) in [5.41, 5.74) is 4.26. The minimum absolute atomic E-state index is 0.300. The molecule has 0 radical (unpaired) electrons. The molecule has 5 nitrogen and oxygen atoms in total. The van der Waals surface area contributed by atoms with Gasteiger partial charge in [-0.3, -0.25) is 4.57 Å². The molecule has 0 spiro atoms. The highest BCUT2D eigenvalue weighted by molar-refractivity contribution is 6.32. The second kappa shape index (κ2) is 7.14. The van der Waals surface area contributed by atoms with E-state index in [1.165, 1.54) is 11.1 Å². The third kappa shape index (κ3) is 3.39. The predicted molar refractivity (Wildman–Crippen MR) is 102 cm³/mol. The Kier molecular flexibility index (Phi) is 4.54. The molecular weight excluding hydrogens is 348 g/mol. The Bertz CT molecular complexity index is 1040. The van der Waals surface area contributed by atoms with Gasteiger partial charge < -0.3 is 4.74 Å². The molecule has 4 rings (SSSR count). The van der Waals surface area contributed by atoms with Crippen LogP contribution in [-0.4, -0.2) is 26.1 Å². The van der Waals surface area contributed by atoms with Crippen LogP contribution in [-0.2, 0) is 6.42 Å². The number of fused-ring (bicyclic) bond motifs is 1. The predicted octanol–water partition coefficient (Wildman–Crippen LogP) is 4.40. The van der Waals surface area contributed by atoms with Crippen molar-refractivity contribution in [2.75, 3.05) is 6.61 Å². The summed E-state index contributed by atoms with van der Waals surface area (Å²) in [6.45, 7) is 2.57. The van der Waals surface area contributed by atoms with Crippen LogP contribution in [0.25, 0.3) is 16.9 Å². The van der Waals surface area contributed by atoms with Crippen molar-refractivity contribution in [3.05, 3.63) is 77.2 Å². The van der Waals surface area contributed by atoms with Crippen LogP contribution in [0.1, 0.15) is 11.1 Å². The van der Waals surface area contributed by atoms with Crippen molar-refractivity contribution < 1.29 is 4.74 Å². The minimum Gasteiger partial charge on any atom is -0.463 e. The number of hydrogen-bond donors (Lipinski definition) is 0. The molecule has 0 fully saturated rings. The molecule has 0 aliphatic heterocycles. The van der Waals surface area contributed by atoms with Gasteiger partial charge in [0, 0.05) is 6.42 Å². The fourth-order valence-electron chi connectivity index (χ4n) is 2.72. The van der Waals surface area contributed by atoms with Crippen molar-refractivity contribution in [1.82, 2.24) is 19.5 Å². The fourth-order valence-corrected chi connectivity index (χ4v) is 2.91. The second-order valence-corrected chi connectivity index (χ2v) is 6.42. The molecule has 0 aliphatic carbocycles. The summed E-state index contributed by atoms with van der Waals surface area (Å²) in [4.78, 5) is 13.0. The van der Waals surface area contributed by atoms with Gasteiger partial charge in [-0.25, -0.2) is 9.97 Å². The largest absolute Gasteiger partial charge is 0.463 e. The van der Waals surface area contributed by atoms with Gasteiger partial charge in [0.2, 0.25) is 0 Å². The second-order valence-electron chi connectivity index (χ2n) is 6.01. The van der Waals surface area contributed by atoms with Gasteiger partial charge in [0.25, 0.3) is 0 Å². The molecule has 0 bridgehead atoms. The Morgan fingerprint density at radius 2 is 1.85 bits per heavy atom. The van der Waals surface area contributed by atoms with Crippen molar-refractivity contribution in [3.63, 3.8) is 0 Å². The standard InChI is InChI=1S/C20H17ClN4O/c1-14-6-8-15(9-7-14)10-11-26-20-22-12-16(21)19(24-20)25-13-23-17-4-2-3-5-18(17)25/h2-9,12-13H,10-11H2,1H3. The van der Waals surface area contributed by atoms with E-state index in [9.17, 15) is 0 Å². The summed E-state index contributed by atoms with van der Waals surface area (Å²) in [6, 6.07) is 16.5. The number of aryl methyl sites for hydroxylation is 1. The highest BCUT2D eigenvalue weighted by atomic mass is 35.5. The van der Waals surface area contributed by atoms with E-state index in [1.54, 1.807) is 12.5 Å². The van der Waals surface area contributed by atoms with Crippen LogP contribution in [0, 0.1) is 6.92 Å². The van der Waals surface area contributed by atoms with Crippen molar-refractivity contribution >= 4 is 22.6 Å². The van der Waals surface area contributed by atoms with Gasteiger partial charge in [-0.15, -0.1) is 0 Å². The van der Waals surface area contributed by atoms with E-state index in [0.717, 1.165) is 17.5 Å². The lowest BCUT2D eigenvalue weighted by molar-refractivity contribution is 0.296. The first-order chi connectivity index (χ1) is 12.7. The number of imidazole rings is 1. The summed E-state index contributed by atoms with van der Waals surface area (Å²) >= 11 is 6.30. The van der Waals surface area contributed by atoms with E-state index in [-0.39, 0.29) is 0 Å². The lowest BCUT2D eigenvalue weighted by atomic mass is 10.1. The smallest absolute Gasteiger partial charge is 0.318 e. The molecule has 130 valence electrons. The number of nitrogens with zero attached hydrogens (tertiary/aromatic N) is 4. The molecule has 0 aliphatic rings. The van der Waals surface area contributed by atoms with Gasteiger partial charge in [-0.1, -0.05) is 53.6 Å². The highest BCUT2D eigenvalue weighted by Crippen LogP contribution is 2.23. The summed E-state index contributed by atoms with van der Waals surface area (Å²) in [5.74, 6) is 0.556. The van der Waals surface area contributed by atoms with Crippen molar-refractivity contribution in [1.29, 1.82) is 0 Å². The van der Waals surface area contributed by atoms with Crippen LogP contribution < -0.4 is 4.74 Å². The van der Waals surface area contributed by atoms with Gasteiger partial charge >= 0.3 is 6.01 Å². The van der Waals surface area contributed by atoms with Crippen LogP contribution in [0.15, 0.2) is 61.1 Å². The summed E-state index contributed by atoms with van der Waals surface area (Å²) in [5, 5.41) is 0.444. The number of ether oxygens (including phenoxy) is 1. The molecule has 0 N–H and O–H groups in total. The van der Waals surface area contributed by atoms with Crippen molar-refractivity contribution in [2.24, 2.45) is 0 Å². The molecule has 26 heavy (non-hydrogen) atoms. The Hall–Kier alpha value is -2.92. The fraction of sp³-hybridized carbons (Fsp3) is 0.150. The number of para-hydroxylation sites is 2. The normalized spacial score (nSPS) is 11.0. The first-order valence-corrected chi connectivity index (χ1v) is 8.72. The lowest BCUT2D eigenvalue weighted by Gasteiger charge is -2.09. The van der Waals surface area contributed by atoms with E-state index in [0.29, 0.717) is 23.5 Å². The van der Waals surface area contributed by atoms with Gasteiger partial charge in [0.1, 0.15) is 11.3 Å². The molecule has 0 amide bonds. The monoisotopic (exact) mass is 364 g/mol. The van der Waals surface area contributed by atoms with Gasteiger partial charge in [0.05, 0.1) is 23.8 Å². The SMILES string of the molecule is Cc1ccc(CCOc2ncc(Cl)c(-n3cnc4ccccc43)n2)cc1. The zero-order valence-electron chi connectivity index (χ0n) is 14.3. The zero-order chi connectivity index (χ0) is 17.9. The van der Waals surface area contributed by atoms with E-state index >= 15 is 0 Å². The topological polar surface area (TPSA) is 52.8 Å². The van der Waals surface area contributed by atoms with E-state index in [4.69, 9.17) is 16.3 Å². The maximum absolute atomic E-state index is 6.30. The molecule has 0 saturated heterocycles. The van der Waals surface area contributed by atoms with Gasteiger partial charge in [-0.05, 0) is 24.6 Å². The van der Waals surface area contributed by atoms with E-state index < -0.39 is 0 Å². The quantitative estimate of drug-likeness (QED) is 0.526. The number of hydrogen-bond acceptors (Lipinski definition) is 4. The maximum atomic E-state index is 6.30. The molecule has 0 unspecified atom stereocenters. The maximum Gasteiger partial charge on any atom is 0.318 e. The third-order valence-corrected chi connectivity index (χ3v) is 4.39. The van der Waals surface area contributed by atoms with E-state index in [2.05, 4.69) is 46.1 Å². The molecule has 0 saturated carbocycles. The number of rotatable bonds is 5. The highest BCUT2D eigenvalue weighted by Gasteiger charge is 2.12. The van der Waals surface area contributed by atoms with Crippen LogP contribution in [0.5, 0.6) is 6.01 Å². The number of aromatic nitrogens is 4. The van der Waals surface area contributed by atoms with E-state index in [1.807, 2.05) is 28.8 Å². The molecule has 4 aromatic rings. The van der Waals surface area contributed by atoms with Crippen LogP contribution in [0.2, 0.25) is 5.02 Å². The van der Waals surface area contributed by atoms with Gasteiger partial charge in [0.15, 0.2) is 5.82 Å². The molecular formula is C20H17ClN4O. The Morgan fingerprint density at radius 3 is 2.69 bits per heavy atom. The molecule has 0 atom stereocenters. The molecule has 2 aromatic carbocycles. The molecule has 2 aromatic heterocycles. The summed E-state index contributed by atoms with van der Waals surface area (Å²) in [6.07, 6.45) is 4.05. The lowest BCUT2D eigenvalue weighted by Crippen LogP contribution is -2.06. The first kappa shape index (κ1) is 16.5. The van der Waals surface area contributed by atoms with Gasteiger partial charge in [-0.2, -0.15) is 4.98 Å². The number of halogens is 1. The van der Waals surface area contributed by atoms with Crippen molar-refractivity contribution in [3.8, 4) is 11.8 Å². The Morgan fingerprint density at radius 1 is 1.04 bits per heavy atom. The van der Waals surface area contributed by atoms with Crippen LogP contribution >= 0.6 is 11.6 Å². The average molecular weight is 365 g/mol. The zero-order valence-corrected chi connectivity index (χ0v) is 15.0. The summed E-state index contributed by atoms with van der Waals surface area (Å²) in [7, 11) is 0. The molecule has 2 heterocycles. The minimum atomic E-state index is 0.300. The Balaban J connectivity index is 1.53. The Labute approximate surface area is 156 Å².